The molecular formula is C21H26NO6+. The first-order valence-corrected chi connectivity index (χ1v) is 9.13. The number of carbonyl (C=O) groups excluding carboxylic acids is 2. The highest BCUT2D eigenvalue weighted by Gasteiger charge is 2.21. The molecule has 0 aliphatic carbocycles. The van der Waals surface area contributed by atoms with E-state index in [1.807, 2.05) is 26.1 Å². The van der Waals surface area contributed by atoms with E-state index in [0.29, 0.717) is 29.1 Å². The second kappa shape index (κ2) is 10.9. The van der Waals surface area contributed by atoms with Crippen LogP contribution in [0.4, 0.5) is 9.59 Å². The quantitative estimate of drug-likeness (QED) is 0.369. The lowest BCUT2D eigenvalue weighted by Crippen LogP contribution is -2.48. The van der Waals surface area contributed by atoms with E-state index < -0.39 is 12.3 Å². The zero-order valence-corrected chi connectivity index (χ0v) is 16.2. The summed E-state index contributed by atoms with van der Waals surface area (Å²) < 4.78 is 21.0. The van der Waals surface area contributed by atoms with Crippen LogP contribution in [0.2, 0.25) is 0 Å². The lowest BCUT2D eigenvalue weighted by molar-refractivity contribution is -0.908. The Kier molecular flexibility index (Phi) is 8.30. The lowest BCUT2D eigenvalue weighted by Gasteiger charge is -2.32. The van der Waals surface area contributed by atoms with Gasteiger partial charge in [-0.15, -0.1) is 0 Å². The molecule has 0 saturated carbocycles. The number of benzene rings is 2. The topological polar surface area (TPSA) is 71.1 Å². The van der Waals surface area contributed by atoms with Crippen molar-refractivity contribution >= 4 is 12.3 Å². The van der Waals surface area contributed by atoms with Gasteiger partial charge >= 0.3 is 12.3 Å². The molecule has 0 spiro atoms. The van der Waals surface area contributed by atoms with Gasteiger partial charge in [0, 0.05) is 0 Å². The van der Waals surface area contributed by atoms with Crippen molar-refractivity contribution in [3.63, 3.8) is 0 Å². The first-order valence-electron chi connectivity index (χ1n) is 9.13. The number of nitrogens with zero attached hydrogens (tertiary/aromatic N) is 1. The van der Waals surface area contributed by atoms with Gasteiger partial charge in [0.2, 0.25) is 0 Å². The molecule has 7 nitrogen and oxygen atoms in total. The van der Waals surface area contributed by atoms with Crippen LogP contribution in [0.25, 0.3) is 0 Å². The first-order chi connectivity index (χ1) is 13.5. The van der Waals surface area contributed by atoms with E-state index in [1.165, 1.54) is 0 Å². The fraction of sp³-hybridized carbons (Fsp3) is 0.333. The monoisotopic (exact) mass is 388 g/mol. The number of hydrogen-bond acceptors (Lipinski definition) is 6. The standard InChI is InChI=1S/C21H26NO6/c1-3-22(2,14-16-25-20(23)27-18-10-6-4-7-11-18)15-17-26-21(24)28-19-12-8-5-9-13-19/h4-13H,3,14-17H2,1-2H3/q+1. The number of rotatable bonds is 9. The molecular weight excluding hydrogens is 362 g/mol. The molecule has 7 heteroatoms. The first kappa shape index (κ1) is 21.2. The summed E-state index contributed by atoms with van der Waals surface area (Å²) in [7, 11) is 2.00. The number of likely N-dealkylation sites (N-methyl/N-ethyl adjacent to an activating group) is 1. The summed E-state index contributed by atoms with van der Waals surface area (Å²) in [6.45, 7) is 4.34. The van der Waals surface area contributed by atoms with Gasteiger partial charge in [0.15, 0.2) is 0 Å². The van der Waals surface area contributed by atoms with Crippen molar-refractivity contribution in [2.24, 2.45) is 0 Å². The number of hydrogen-bond donors (Lipinski definition) is 0. The molecule has 0 N–H and O–H groups in total. The van der Waals surface area contributed by atoms with Crippen molar-refractivity contribution in [2.75, 3.05) is 39.9 Å². The summed E-state index contributed by atoms with van der Waals surface area (Å²) in [5.41, 5.74) is 0. The summed E-state index contributed by atoms with van der Waals surface area (Å²) in [5, 5.41) is 0. The van der Waals surface area contributed by atoms with Gasteiger partial charge in [0.05, 0.1) is 13.6 Å². The normalized spacial score (nSPS) is 10.8. The summed E-state index contributed by atoms with van der Waals surface area (Å²) in [6.07, 6.45) is -1.48. The Morgan fingerprint density at radius 3 is 1.50 bits per heavy atom. The van der Waals surface area contributed by atoms with Crippen LogP contribution in [0.5, 0.6) is 11.5 Å². The zero-order chi connectivity index (χ0) is 20.2. The second-order valence-electron chi connectivity index (χ2n) is 6.41. The fourth-order valence-corrected chi connectivity index (χ4v) is 2.36. The summed E-state index contributed by atoms with van der Waals surface area (Å²) in [5.74, 6) is 0.871. The number of carbonyl (C=O) groups is 2. The van der Waals surface area contributed by atoms with Crippen molar-refractivity contribution < 1.29 is 33.0 Å². The Morgan fingerprint density at radius 1 is 0.750 bits per heavy atom. The molecule has 2 aromatic carbocycles. The number of ether oxygens (including phenoxy) is 4. The van der Waals surface area contributed by atoms with E-state index in [1.54, 1.807) is 48.5 Å². The van der Waals surface area contributed by atoms with Crippen LogP contribution in [0.3, 0.4) is 0 Å². The molecule has 0 fully saturated rings. The molecule has 0 aromatic heterocycles. The van der Waals surface area contributed by atoms with Crippen molar-refractivity contribution in [3.8, 4) is 11.5 Å². The van der Waals surface area contributed by atoms with Crippen molar-refractivity contribution in [1.82, 2.24) is 0 Å². The maximum atomic E-state index is 11.7. The van der Waals surface area contributed by atoms with E-state index >= 15 is 0 Å². The van der Waals surface area contributed by atoms with Gasteiger partial charge in [0.25, 0.3) is 0 Å². The smallest absolute Gasteiger partial charge is 0.428 e. The molecule has 150 valence electrons. The molecule has 0 unspecified atom stereocenters. The van der Waals surface area contributed by atoms with Crippen LogP contribution in [0.1, 0.15) is 6.92 Å². The Labute approximate surface area is 165 Å². The minimum absolute atomic E-state index is 0.199. The Hall–Kier alpha value is -3.06. The Bertz CT molecular complexity index is 676. The SMILES string of the molecule is CC[N+](C)(CCOC(=O)Oc1ccccc1)CCOC(=O)Oc1ccccc1. The third-order valence-corrected chi connectivity index (χ3v) is 4.35. The molecule has 28 heavy (non-hydrogen) atoms. The van der Waals surface area contributed by atoms with E-state index in [2.05, 4.69) is 0 Å². The molecule has 0 saturated heterocycles. The van der Waals surface area contributed by atoms with Gasteiger partial charge in [-0.3, -0.25) is 0 Å². The van der Waals surface area contributed by atoms with E-state index in [4.69, 9.17) is 18.9 Å². The van der Waals surface area contributed by atoms with Crippen LogP contribution in [0, 0.1) is 0 Å². The van der Waals surface area contributed by atoms with Gasteiger partial charge in [-0.2, -0.15) is 0 Å². The fourth-order valence-electron chi connectivity index (χ4n) is 2.36. The third kappa shape index (κ3) is 7.67. The van der Waals surface area contributed by atoms with Crippen LogP contribution in [-0.4, -0.2) is 56.7 Å². The third-order valence-electron chi connectivity index (χ3n) is 4.35. The summed E-state index contributed by atoms with van der Waals surface area (Å²) in [6, 6.07) is 17.5. The van der Waals surface area contributed by atoms with E-state index in [0.717, 1.165) is 6.54 Å². The highest BCUT2D eigenvalue weighted by atomic mass is 16.7. The molecule has 0 radical (unpaired) electrons. The van der Waals surface area contributed by atoms with Gasteiger partial charge in [-0.25, -0.2) is 9.59 Å². The minimum Gasteiger partial charge on any atom is -0.428 e. The van der Waals surface area contributed by atoms with E-state index in [-0.39, 0.29) is 13.2 Å². The largest absolute Gasteiger partial charge is 0.514 e. The highest BCUT2D eigenvalue weighted by molar-refractivity contribution is 5.64. The van der Waals surface area contributed by atoms with Crippen LogP contribution in [0.15, 0.2) is 60.7 Å². The average Bonchev–Trinajstić information content (AvgIpc) is 2.69. The molecule has 2 aromatic rings. The zero-order valence-electron chi connectivity index (χ0n) is 16.2. The van der Waals surface area contributed by atoms with Crippen molar-refractivity contribution in [2.45, 2.75) is 6.92 Å². The van der Waals surface area contributed by atoms with Crippen molar-refractivity contribution in [1.29, 1.82) is 0 Å². The molecule has 0 heterocycles. The Balaban J connectivity index is 1.67. The van der Waals surface area contributed by atoms with Gasteiger partial charge in [-0.05, 0) is 31.2 Å². The predicted molar refractivity (Wildman–Crippen MR) is 103 cm³/mol. The predicted octanol–water partition coefficient (Wildman–Crippen LogP) is 3.88. The Morgan fingerprint density at radius 2 is 1.14 bits per heavy atom. The molecule has 0 aliphatic heterocycles. The van der Waals surface area contributed by atoms with Crippen LogP contribution < -0.4 is 9.47 Å². The summed E-state index contributed by atoms with van der Waals surface area (Å²) in [4.78, 5) is 23.5. The van der Waals surface area contributed by atoms with Crippen LogP contribution in [-0.2, 0) is 9.47 Å². The number of quaternary nitrogens is 1. The minimum atomic E-state index is -0.739. The van der Waals surface area contributed by atoms with Crippen molar-refractivity contribution in [3.05, 3.63) is 60.7 Å². The number of para-hydroxylation sites is 2. The molecule has 0 amide bonds. The molecule has 2 rings (SSSR count). The van der Waals surface area contributed by atoms with Gasteiger partial charge < -0.3 is 23.4 Å². The maximum Gasteiger partial charge on any atom is 0.514 e. The van der Waals surface area contributed by atoms with E-state index in [9.17, 15) is 9.59 Å². The van der Waals surface area contributed by atoms with Gasteiger partial charge in [-0.1, -0.05) is 36.4 Å². The molecule has 0 aliphatic rings. The highest BCUT2D eigenvalue weighted by Crippen LogP contribution is 2.11. The maximum absolute atomic E-state index is 11.7. The lowest BCUT2D eigenvalue weighted by atomic mass is 10.3. The molecule has 0 atom stereocenters. The van der Waals surface area contributed by atoms with Gasteiger partial charge in [0.1, 0.15) is 37.8 Å². The second-order valence-corrected chi connectivity index (χ2v) is 6.41. The average molecular weight is 388 g/mol. The molecule has 0 bridgehead atoms. The summed E-state index contributed by atoms with van der Waals surface area (Å²) >= 11 is 0. The van der Waals surface area contributed by atoms with Crippen LogP contribution >= 0.6 is 0 Å².